The van der Waals surface area contributed by atoms with E-state index in [9.17, 15) is 4.79 Å². The average Bonchev–Trinajstić information content (AvgIpc) is 2.53. The molecule has 0 saturated carbocycles. The highest BCUT2D eigenvalue weighted by molar-refractivity contribution is 7.23. The topological polar surface area (TPSA) is 63.3 Å². The van der Waals surface area contributed by atoms with Gasteiger partial charge >= 0.3 is 5.97 Å². The van der Waals surface area contributed by atoms with Gasteiger partial charge in [0, 0.05) is 10.1 Å². The molecule has 2 aromatic rings. The van der Waals surface area contributed by atoms with E-state index in [-0.39, 0.29) is 5.56 Å². The Morgan fingerprint density at radius 1 is 1.53 bits per heavy atom. The van der Waals surface area contributed by atoms with E-state index in [1.165, 1.54) is 11.3 Å². The van der Waals surface area contributed by atoms with Crippen LogP contribution in [0.15, 0.2) is 18.2 Å². The van der Waals surface area contributed by atoms with Crippen molar-refractivity contribution in [3.63, 3.8) is 0 Å². The lowest BCUT2D eigenvalue weighted by molar-refractivity contribution is 0.0700. The summed E-state index contributed by atoms with van der Waals surface area (Å²) in [5.41, 5.74) is 7.01. The number of nitrogen functional groups attached to an aromatic ring is 1. The Hall–Kier alpha value is -1.55. The molecule has 0 aliphatic heterocycles. The number of fused-ring (bicyclic) bond motifs is 1. The van der Waals surface area contributed by atoms with Gasteiger partial charge < -0.3 is 10.8 Å². The third-order valence-corrected chi connectivity index (χ3v) is 3.41. The predicted octanol–water partition coefficient (Wildman–Crippen LogP) is 2.74. The van der Waals surface area contributed by atoms with Gasteiger partial charge in [0.25, 0.3) is 0 Å². The first-order valence-corrected chi connectivity index (χ1v) is 5.50. The van der Waals surface area contributed by atoms with Gasteiger partial charge in [0.05, 0.1) is 0 Å². The van der Waals surface area contributed by atoms with E-state index < -0.39 is 5.97 Å². The van der Waals surface area contributed by atoms with Crippen LogP contribution >= 0.6 is 11.3 Å². The monoisotopic (exact) mass is 221 g/mol. The first-order chi connectivity index (χ1) is 7.15. The lowest BCUT2D eigenvalue weighted by atomic mass is 10.0. The molecule has 0 spiro atoms. The van der Waals surface area contributed by atoms with Crippen LogP contribution in [-0.2, 0) is 6.42 Å². The second-order valence-electron chi connectivity index (χ2n) is 3.29. The number of carboxylic acid groups (broad SMARTS) is 1. The van der Waals surface area contributed by atoms with Gasteiger partial charge in [-0.3, -0.25) is 0 Å². The quantitative estimate of drug-likeness (QED) is 0.819. The molecule has 0 saturated heterocycles. The van der Waals surface area contributed by atoms with Gasteiger partial charge in [-0.15, -0.1) is 11.3 Å². The van der Waals surface area contributed by atoms with Gasteiger partial charge in [-0.05, 0) is 18.1 Å². The largest absolute Gasteiger partial charge is 0.478 e. The second-order valence-corrected chi connectivity index (χ2v) is 4.37. The minimum absolute atomic E-state index is 0.257. The molecule has 15 heavy (non-hydrogen) atoms. The molecule has 0 radical (unpaired) electrons. The molecule has 1 heterocycles. The Morgan fingerprint density at radius 3 is 2.87 bits per heavy atom. The van der Waals surface area contributed by atoms with Crippen molar-refractivity contribution in [2.24, 2.45) is 0 Å². The molecular formula is C11H11NO2S. The second kappa shape index (κ2) is 3.55. The lowest BCUT2D eigenvalue weighted by Crippen LogP contribution is -2.00. The van der Waals surface area contributed by atoms with E-state index in [2.05, 4.69) is 0 Å². The fraction of sp³-hybridized carbons (Fsp3) is 0.182. The van der Waals surface area contributed by atoms with Gasteiger partial charge in [0.15, 0.2) is 0 Å². The maximum Gasteiger partial charge on any atom is 0.339 e. The molecule has 0 bridgehead atoms. The molecule has 2 rings (SSSR count). The molecule has 1 aromatic heterocycles. The van der Waals surface area contributed by atoms with Crippen molar-refractivity contribution in [3.05, 3.63) is 29.3 Å². The smallest absolute Gasteiger partial charge is 0.339 e. The number of thiophene rings is 1. The van der Waals surface area contributed by atoms with Crippen LogP contribution in [0, 0.1) is 0 Å². The fourth-order valence-corrected chi connectivity index (χ4v) is 2.76. The van der Waals surface area contributed by atoms with Crippen LogP contribution < -0.4 is 5.73 Å². The summed E-state index contributed by atoms with van der Waals surface area (Å²) in [7, 11) is 0. The minimum atomic E-state index is -0.945. The number of nitrogens with two attached hydrogens (primary N) is 1. The van der Waals surface area contributed by atoms with Crippen molar-refractivity contribution >= 4 is 32.4 Å². The van der Waals surface area contributed by atoms with E-state index in [0.29, 0.717) is 5.00 Å². The lowest BCUT2D eigenvalue weighted by Gasteiger charge is -2.00. The number of carbonyl (C=O) groups is 1. The fourth-order valence-electron chi connectivity index (χ4n) is 1.75. The van der Waals surface area contributed by atoms with Crippen molar-refractivity contribution in [2.45, 2.75) is 13.3 Å². The van der Waals surface area contributed by atoms with E-state index in [0.717, 1.165) is 22.1 Å². The molecule has 3 nitrogen and oxygen atoms in total. The highest BCUT2D eigenvalue weighted by Gasteiger charge is 2.17. The van der Waals surface area contributed by atoms with E-state index in [1.807, 2.05) is 25.1 Å². The highest BCUT2D eigenvalue weighted by Crippen LogP contribution is 2.35. The number of hydrogen-bond donors (Lipinski definition) is 2. The van der Waals surface area contributed by atoms with E-state index in [4.69, 9.17) is 10.8 Å². The first-order valence-electron chi connectivity index (χ1n) is 4.68. The van der Waals surface area contributed by atoms with Crippen LogP contribution in [-0.4, -0.2) is 11.1 Å². The summed E-state index contributed by atoms with van der Waals surface area (Å²) in [4.78, 5) is 11.1. The summed E-state index contributed by atoms with van der Waals surface area (Å²) in [5, 5.41) is 10.3. The van der Waals surface area contributed by atoms with Gasteiger partial charge in [0.2, 0.25) is 0 Å². The Kier molecular flexibility index (Phi) is 2.36. The van der Waals surface area contributed by atoms with Crippen LogP contribution in [0.4, 0.5) is 5.00 Å². The Morgan fingerprint density at radius 2 is 2.27 bits per heavy atom. The summed E-state index contributed by atoms with van der Waals surface area (Å²) in [6, 6.07) is 5.78. The zero-order valence-electron chi connectivity index (χ0n) is 8.28. The number of hydrogen-bond acceptors (Lipinski definition) is 3. The predicted molar refractivity (Wildman–Crippen MR) is 62.6 cm³/mol. The molecule has 0 unspecified atom stereocenters. The molecule has 0 amide bonds. The third-order valence-electron chi connectivity index (χ3n) is 2.42. The van der Waals surface area contributed by atoms with E-state index >= 15 is 0 Å². The molecule has 78 valence electrons. The summed E-state index contributed by atoms with van der Waals surface area (Å²) in [6.07, 6.45) is 0.813. The highest BCUT2D eigenvalue weighted by atomic mass is 32.1. The van der Waals surface area contributed by atoms with Crippen LogP contribution in [0.3, 0.4) is 0 Å². The van der Waals surface area contributed by atoms with Crippen molar-refractivity contribution in [3.8, 4) is 0 Å². The number of benzene rings is 1. The van der Waals surface area contributed by atoms with Crippen molar-refractivity contribution < 1.29 is 9.90 Å². The maximum atomic E-state index is 11.1. The molecule has 1 aromatic carbocycles. The van der Waals surface area contributed by atoms with Crippen molar-refractivity contribution in [2.75, 3.05) is 5.73 Å². The summed E-state index contributed by atoms with van der Waals surface area (Å²) < 4.78 is 0.948. The minimum Gasteiger partial charge on any atom is -0.478 e. The molecule has 4 heteroatoms. The maximum absolute atomic E-state index is 11.1. The Labute approximate surface area is 91.1 Å². The third kappa shape index (κ3) is 1.47. The Bertz CT molecular complexity index is 531. The zero-order chi connectivity index (χ0) is 11.0. The van der Waals surface area contributed by atoms with Crippen LogP contribution in [0.2, 0.25) is 0 Å². The molecule has 0 aliphatic carbocycles. The van der Waals surface area contributed by atoms with Gasteiger partial charge in [-0.25, -0.2) is 4.79 Å². The number of aryl methyl sites for hydroxylation is 1. The molecule has 0 aliphatic rings. The SMILES string of the molecule is CCc1cccc2sc(N)c(C(=O)O)c12. The van der Waals surface area contributed by atoms with Crippen molar-refractivity contribution in [1.29, 1.82) is 0 Å². The van der Waals surface area contributed by atoms with Gasteiger partial charge in [-0.1, -0.05) is 19.1 Å². The normalized spacial score (nSPS) is 10.7. The molecule has 0 atom stereocenters. The molecular weight excluding hydrogens is 210 g/mol. The summed E-state index contributed by atoms with van der Waals surface area (Å²) >= 11 is 1.33. The first kappa shape index (κ1) is 9.98. The molecule has 0 fully saturated rings. The zero-order valence-corrected chi connectivity index (χ0v) is 9.10. The van der Waals surface area contributed by atoms with Gasteiger partial charge in [-0.2, -0.15) is 0 Å². The standard InChI is InChI=1S/C11H11NO2S/c1-2-6-4-3-5-7-8(6)9(11(13)14)10(12)15-7/h3-5H,2,12H2,1H3,(H,13,14). The number of anilines is 1. The number of carboxylic acids is 1. The summed E-state index contributed by atoms with van der Waals surface area (Å²) in [6.45, 7) is 2.01. The molecule has 3 N–H and O–H groups in total. The number of rotatable bonds is 2. The van der Waals surface area contributed by atoms with Gasteiger partial charge in [0.1, 0.15) is 10.6 Å². The number of aromatic carboxylic acids is 1. The van der Waals surface area contributed by atoms with Crippen LogP contribution in [0.5, 0.6) is 0 Å². The summed E-state index contributed by atoms with van der Waals surface area (Å²) in [5.74, 6) is -0.945. The van der Waals surface area contributed by atoms with Crippen LogP contribution in [0.1, 0.15) is 22.8 Å². The Balaban J connectivity index is 2.88. The van der Waals surface area contributed by atoms with E-state index in [1.54, 1.807) is 0 Å². The average molecular weight is 221 g/mol. The van der Waals surface area contributed by atoms with Crippen molar-refractivity contribution in [1.82, 2.24) is 0 Å². The van der Waals surface area contributed by atoms with Crippen LogP contribution in [0.25, 0.3) is 10.1 Å².